The summed E-state index contributed by atoms with van der Waals surface area (Å²) in [5.41, 5.74) is 0.438. The first kappa shape index (κ1) is 21.6. The fraction of sp³-hybridized carbons (Fsp3) is 0.308. The first-order valence-electron chi connectivity index (χ1n) is 11.3. The molecular formula is C26H20Cl2N2O4. The van der Waals surface area contributed by atoms with Crippen molar-refractivity contribution in [3.05, 3.63) is 81.9 Å². The molecule has 0 N–H and O–H groups in total. The third-order valence-corrected chi connectivity index (χ3v) is 8.26. The number of rotatable bonds is 5. The maximum absolute atomic E-state index is 13.6. The summed E-state index contributed by atoms with van der Waals surface area (Å²) in [4.78, 5) is 54.1. The first-order chi connectivity index (χ1) is 16.4. The van der Waals surface area contributed by atoms with Crippen LogP contribution in [-0.2, 0) is 9.59 Å². The van der Waals surface area contributed by atoms with E-state index in [1.165, 1.54) is 6.07 Å². The largest absolute Gasteiger partial charge is 0.292 e. The number of nitrogens with zero attached hydrogens (tertiary/aromatic N) is 2. The number of carbonyl (C=O) groups excluding carboxylic acids is 4. The van der Waals surface area contributed by atoms with Gasteiger partial charge >= 0.3 is 0 Å². The van der Waals surface area contributed by atoms with Crippen LogP contribution in [0.4, 0.5) is 0 Å². The molecule has 6 atom stereocenters. The second-order valence-electron chi connectivity index (χ2n) is 9.42. The number of carbonyl (C=O) groups is 4. The lowest BCUT2D eigenvalue weighted by atomic mass is 9.63. The van der Waals surface area contributed by atoms with Crippen LogP contribution in [0.1, 0.15) is 27.1 Å². The Balaban J connectivity index is 1.37. The Morgan fingerprint density at radius 1 is 0.882 bits per heavy atom. The fourth-order valence-electron chi connectivity index (χ4n) is 6.05. The highest BCUT2D eigenvalue weighted by atomic mass is 35.5. The highest BCUT2D eigenvalue weighted by Crippen LogP contribution is 2.65. The van der Waals surface area contributed by atoms with Gasteiger partial charge in [0.05, 0.1) is 22.4 Å². The van der Waals surface area contributed by atoms with Crippen molar-refractivity contribution in [2.75, 3.05) is 6.54 Å². The van der Waals surface area contributed by atoms with Crippen molar-refractivity contribution in [1.82, 2.24) is 10.0 Å². The van der Waals surface area contributed by atoms with Gasteiger partial charge in [-0.15, -0.1) is 0 Å². The van der Waals surface area contributed by atoms with Crippen LogP contribution in [0.5, 0.6) is 0 Å². The lowest BCUT2D eigenvalue weighted by Gasteiger charge is -2.37. The highest BCUT2D eigenvalue weighted by molar-refractivity contribution is 6.34. The molecule has 6 nitrogen and oxygen atoms in total. The molecule has 34 heavy (non-hydrogen) atoms. The number of hydrogen-bond acceptors (Lipinski definition) is 4. The minimum absolute atomic E-state index is 0.00526. The monoisotopic (exact) mass is 494 g/mol. The van der Waals surface area contributed by atoms with Crippen LogP contribution in [0.3, 0.4) is 0 Å². The average Bonchev–Trinajstić information content (AvgIpc) is 3.61. The van der Waals surface area contributed by atoms with Crippen LogP contribution in [0.15, 0.2) is 60.7 Å². The lowest BCUT2D eigenvalue weighted by Crippen LogP contribution is -2.52. The van der Waals surface area contributed by atoms with Crippen LogP contribution in [0, 0.1) is 35.5 Å². The van der Waals surface area contributed by atoms with Gasteiger partial charge in [0.15, 0.2) is 5.78 Å². The Labute approximate surface area is 206 Å². The molecule has 1 saturated heterocycles. The number of imide groups is 1. The molecule has 1 heterocycles. The Morgan fingerprint density at radius 2 is 1.47 bits per heavy atom. The second kappa shape index (κ2) is 7.79. The van der Waals surface area contributed by atoms with Gasteiger partial charge in [-0.3, -0.25) is 19.2 Å². The molecule has 3 fully saturated rings. The summed E-state index contributed by atoms with van der Waals surface area (Å²) in [6.45, 7) is -0.474. The number of hydrogen-bond donors (Lipinski definition) is 0. The van der Waals surface area contributed by atoms with E-state index in [4.69, 9.17) is 23.2 Å². The van der Waals surface area contributed by atoms with Gasteiger partial charge in [-0.1, -0.05) is 47.5 Å². The number of halogens is 2. The van der Waals surface area contributed by atoms with Gasteiger partial charge in [-0.2, -0.15) is 5.01 Å². The summed E-state index contributed by atoms with van der Waals surface area (Å²) >= 11 is 12.2. The van der Waals surface area contributed by atoms with Gasteiger partial charge in [0.25, 0.3) is 17.7 Å². The Kier molecular flexibility index (Phi) is 4.94. The molecule has 0 aromatic heterocycles. The highest BCUT2D eigenvalue weighted by Gasteiger charge is 2.68. The number of Topliss-reactive ketones (excluding diaryl/α,β-unsaturated/α-hetero) is 1. The number of amides is 3. The second-order valence-corrected chi connectivity index (χ2v) is 10.3. The van der Waals surface area contributed by atoms with Crippen molar-refractivity contribution in [3.8, 4) is 0 Å². The van der Waals surface area contributed by atoms with Crippen LogP contribution in [0.2, 0.25) is 10.0 Å². The number of ketones is 1. The number of benzene rings is 2. The number of hydrazine groups is 1. The van der Waals surface area contributed by atoms with Gasteiger partial charge in [-0.05, 0) is 66.5 Å². The summed E-state index contributed by atoms with van der Waals surface area (Å²) < 4.78 is 0. The smallest absolute Gasteiger partial charge is 0.274 e. The zero-order valence-corrected chi connectivity index (χ0v) is 19.4. The minimum Gasteiger partial charge on any atom is -0.292 e. The summed E-state index contributed by atoms with van der Waals surface area (Å²) in [7, 11) is 0. The van der Waals surface area contributed by atoms with E-state index in [1.807, 2.05) is 0 Å². The molecule has 8 heteroatoms. The summed E-state index contributed by atoms with van der Waals surface area (Å²) in [6, 6.07) is 12.6. The predicted molar refractivity (Wildman–Crippen MR) is 125 cm³/mol. The average molecular weight is 495 g/mol. The molecule has 172 valence electrons. The van der Waals surface area contributed by atoms with Gasteiger partial charge in [0.1, 0.15) is 6.54 Å². The summed E-state index contributed by atoms with van der Waals surface area (Å²) in [6.07, 6.45) is 5.16. The summed E-state index contributed by atoms with van der Waals surface area (Å²) in [5.74, 6) is -2.02. The standard InChI is InChI=1S/C26H20Cl2N2O4/c27-14-7-5-13(6-8-14)21(31)12-29(24(32)17-3-1-2-4-20(17)28)30-25(33)22-15-9-10-16(19-11-18(15)19)23(22)26(30)34/h1-10,15-16,18-19,22-23H,11-12H2/t15-,16-,18-,19+,22-,23+/m0/s1. The SMILES string of the molecule is O=C(CN(C(=O)c1ccccc1Cl)N1C(=O)[C@@H]2[C@H]3C=C[C@@H]([C@@H]4C[C@H]34)[C@@H]2C1=O)c1ccc(Cl)cc1. The van der Waals surface area contributed by atoms with Crippen LogP contribution in [-0.4, -0.2) is 40.1 Å². The molecule has 7 rings (SSSR count). The molecule has 0 radical (unpaired) electrons. The zero-order chi connectivity index (χ0) is 23.7. The van der Waals surface area contributed by atoms with Crippen molar-refractivity contribution in [2.45, 2.75) is 6.42 Å². The molecule has 2 aromatic carbocycles. The number of allylic oxidation sites excluding steroid dienone is 2. The van der Waals surface area contributed by atoms with Crippen molar-refractivity contribution in [2.24, 2.45) is 35.5 Å². The topological polar surface area (TPSA) is 74.8 Å². The molecular weight excluding hydrogens is 475 g/mol. The maximum atomic E-state index is 13.6. The van der Waals surface area contributed by atoms with Crippen molar-refractivity contribution in [1.29, 1.82) is 0 Å². The van der Waals surface area contributed by atoms with Crippen LogP contribution in [0.25, 0.3) is 0 Å². The molecule has 2 saturated carbocycles. The predicted octanol–water partition coefficient (Wildman–Crippen LogP) is 4.29. The van der Waals surface area contributed by atoms with E-state index in [-0.39, 0.29) is 22.4 Å². The van der Waals surface area contributed by atoms with E-state index in [9.17, 15) is 19.2 Å². The van der Waals surface area contributed by atoms with Crippen molar-refractivity contribution < 1.29 is 19.2 Å². The quantitative estimate of drug-likeness (QED) is 0.353. The van der Waals surface area contributed by atoms with E-state index >= 15 is 0 Å². The zero-order valence-electron chi connectivity index (χ0n) is 17.9. The third-order valence-electron chi connectivity index (χ3n) is 7.68. The van der Waals surface area contributed by atoms with Crippen molar-refractivity contribution in [3.63, 3.8) is 0 Å². The van der Waals surface area contributed by atoms with Crippen LogP contribution >= 0.6 is 23.2 Å². The minimum atomic E-state index is -0.668. The molecule has 4 aliphatic carbocycles. The molecule has 0 spiro atoms. The van der Waals surface area contributed by atoms with Crippen LogP contribution < -0.4 is 0 Å². The molecule has 3 amide bonds. The first-order valence-corrected chi connectivity index (χ1v) is 12.0. The van der Waals surface area contributed by atoms with Gasteiger partial charge in [0, 0.05) is 10.6 Å². The van der Waals surface area contributed by atoms with E-state index in [2.05, 4.69) is 12.2 Å². The molecule has 2 aromatic rings. The third kappa shape index (κ3) is 3.16. The Hall–Kier alpha value is -2.96. The molecule has 1 aliphatic heterocycles. The Bertz CT molecular complexity index is 1240. The van der Waals surface area contributed by atoms with Gasteiger partial charge < -0.3 is 0 Å². The van der Waals surface area contributed by atoms with Gasteiger partial charge in [-0.25, -0.2) is 5.01 Å². The van der Waals surface area contributed by atoms with E-state index < -0.39 is 41.9 Å². The Morgan fingerprint density at radius 3 is 2.06 bits per heavy atom. The summed E-state index contributed by atoms with van der Waals surface area (Å²) in [5, 5.41) is 2.55. The molecule has 5 aliphatic rings. The lowest BCUT2D eigenvalue weighted by molar-refractivity contribution is -0.154. The van der Waals surface area contributed by atoms with E-state index in [1.54, 1.807) is 42.5 Å². The molecule has 0 unspecified atom stereocenters. The van der Waals surface area contributed by atoms with E-state index in [0.29, 0.717) is 22.4 Å². The van der Waals surface area contributed by atoms with E-state index in [0.717, 1.165) is 16.4 Å². The van der Waals surface area contributed by atoms with Crippen molar-refractivity contribution >= 4 is 46.7 Å². The maximum Gasteiger partial charge on any atom is 0.274 e. The van der Waals surface area contributed by atoms with Gasteiger partial charge in [0.2, 0.25) is 0 Å². The fourth-order valence-corrected chi connectivity index (χ4v) is 6.39. The molecule has 2 bridgehead atoms. The normalized spacial score (nSPS) is 30.2.